The van der Waals surface area contributed by atoms with Crippen molar-refractivity contribution in [1.82, 2.24) is 5.32 Å². The molecule has 1 aromatic carbocycles. The molecule has 1 rings (SSSR count). The molecular weight excluding hydrogens is 226 g/mol. The molecule has 0 aliphatic heterocycles. The average Bonchev–Trinajstić information content (AvgIpc) is 2.37. The van der Waals surface area contributed by atoms with Gasteiger partial charge in [-0.25, -0.2) is 0 Å². The van der Waals surface area contributed by atoms with Crippen LogP contribution in [0.3, 0.4) is 0 Å². The third-order valence-corrected chi connectivity index (χ3v) is 2.87. The number of methoxy groups -OCH3 is 1. The number of benzene rings is 1. The second kappa shape index (κ2) is 7.31. The van der Waals surface area contributed by atoms with Crippen LogP contribution in [0.2, 0.25) is 0 Å². The van der Waals surface area contributed by atoms with Crippen LogP contribution >= 0.6 is 0 Å². The van der Waals surface area contributed by atoms with Crippen LogP contribution in [-0.4, -0.2) is 37.5 Å². The summed E-state index contributed by atoms with van der Waals surface area (Å²) in [6.45, 7) is 7.62. The topological polar surface area (TPSA) is 41.5 Å². The Labute approximate surface area is 109 Å². The van der Waals surface area contributed by atoms with Gasteiger partial charge in [0.15, 0.2) is 0 Å². The van der Waals surface area contributed by atoms with Crippen molar-refractivity contribution in [1.29, 1.82) is 0 Å². The van der Waals surface area contributed by atoms with Gasteiger partial charge in [0.05, 0.1) is 5.60 Å². The first-order chi connectivity index (χ1) is 8.55. The molecule has 0 spiro atoms. The molecule has 1 aromatic rings. The van der Waals surface area contributed by atoms with E-state index in [9.17, 15) is 5.11 Å². The van der Waals surface area contributed by atoms with Gasteiger partial charge < -0.3 is 15.2 Å². The predicted octanol–water partition coefficient (Wildman–Crippen LogP) is 2.08. The third-order valence-electron chi connectivity index (χ3n) is 2.87. The number of ether oxygens (including phenoxy) is 1. The Morgan fingerprint density at radius 3 is 2.67 bits per heavy atom. The smallest absolute Gasteiger partial charge is 0.0765 e. The van der Waals surface area contributed by atoms with Crippen LogP contribution < -0.4 is 5.32 Å². The highest BCUT2D eigenvalue weighted by Gasteiger charge is 2.19. The second-order valence-electron chi connectivity index (χ2n) is 4.81. The van der Waals surface area contributed by atoms with E-state index in [0.717, 1.165) is 11.1 Å². The summed E-state index contributed by atoms with van der Waals surface area (Å²) in [5.41, 5.74) is 1.41. The maximum atomic E-state index is 10.1. The summed E-state index contributed by atoms with van der Waals surface area (Å²) in [7, 11) is 1.64. The van der Waals surface area contributed by atoms with Gasteiger partial charge in [0.1, 0.15) is 0 Å². The number of hydrogen-bond acceptors (Lipinski definition) is 3. The normalized spacial score (nSPS) is 14.2. The zero-order chi connectivity index (χ0) is 13.4. The second-order valence-corrected chi connectivity index (χ2v) is 4.81. The molecule has 0 saturated carbocycles. The van der Waals surface area contributed by atoms with Crippen molar-refractivity contribution in [2.75, 3.05) is 26.8 Å². The van der Waals surface area contributed by atoms with Crippen LogP contribution in [0.5, 0.6) is 0 Å². The fourth-order valence-electron chi connectivity index (χ4n) is 1.67. The van der Waals surface area contributed by atoms with E-state index < -0.39 is 5.60 Å². The Bertz CT molecular complexity index is 360. The number of aliphatic hydroxyl groups is 1. The van der Waals surface area contributed by atoms with Crippen LogP contribution in [0, 0.1) is 0 Å². The van der Waals surface area contributed by atoms with Crippen LogP contribution in [0.4, 0.5) is 0 Å². The summed E-state index contributed by atoms with van der Waals surface area (Å²) < 4.78 is 4.97. The molecule has 2 N–H and O–H groups in total. The minimum absolute atomic E-state index is 0.530. The van der Waals surface area contributed by atoms with Crippen molar-refractivity contribution in [3.8, 4) is 0 Å². The van der Waals surface area contributed by atoms with E-state index in [1.165, 1.54) is 0 Å². The molecule has 3 nitrogen and oxygen atoms in total. The molecule has 0 aliphatic carbocycles. The number of nitrogens with one attached hydrogen (secondary N) is 1. The summed E-state index contributed by atoms with van der Waals surface area (Å²) in [6.07, 6.45) is 0.619. The van der Waals surface area contributed by atoms with Crippen molar-refractivity contribution >= 4 is 5.57 Å². The van der Waals surface area contributed by atoms with E-state index in [0.29, 0.717) is 26.1 Å². The highest BCUT2D eigenvalue weighted by molar-refractivity contribution is 5.64. The lowest BCUT2D eigenvalue weighted by molar-refractivity contribution is 0.0259. The largest absolute Gasteiger partial charge is 0.389 e. The van der Waals surface area contributed by atoms with Gasteiger partial charge in [-0.3, -0.25) is 0 Å². The van der Waals surface area contributed by atoms with E-state index in [2.05, 4.69) is 11.9 Å². The fourth-order valence-corrected chi connectivity index (χ4v) is 1.67. The SMILES string of the molecule is C=C(CNCC(C)(O)CCOC)c1ccccc1. The van der Waals surface area contributed by atoms with Gasteiger partial charge in [-0.05, 0) is 18.1 Å². The predicted molar refractivity (Wildman–Crippen MR) is 75.5 cm³/mol. The van der Waals surface area contributed by atoms with Crippen molar-refractivity contribution in [3.05, 3.63) is 42.5 Å². The first-order valence-corrected chi connectivity index (χ1v) is 6.20. The van der Waals surface area contributed by atoms with E-state index in [1.807, 2.05) is 37.3 Å². The van der Waals surface area contributed by atoms with Crippen LogP contribution in [0.25, 0.3) is 5.57 Å². The van der Waals surface area contributed by atoms with Gasteiger partial charge in [-0.1, -0.05) is 36.9 Å². The monoisotopic (exact) mass is 249 g/mol. The Morgan fingerprint density at radius 2 is 2.06 bits per heavy atom. The van der Waals surface area contributed by atoms with Crippen LogP contribution in [0.1, 0.15) is 18.9 Å². The van der Waals surface area contributed by atoms with Gasteiger partial charge in [0, 0.05) is 33.2 Å². The first-order valence-electron chi connectivity index (χ1n) is 6.20. The minimum Gasteiger partial charge on any atom is -0.389 e. The standard InChI is InChI=1S/C15H23NO2/c1-13(14-7-5-4-6-8-14)11-16-12-15(2,17)9-10-18-3/h4-8,16-17H,1,9-12H2,2-3H3. The number of rotatable bonds is 8. The minimum atomic E-state index is -0.743. The Hall–Kier alpha value is -1.16. The van der Waals surface area contributed by atoms with Gasteiger partial charge in [0.25, 0.3) is 0 Å². The van der Waals surface area contributed by atoms with E-state index in [1.54, 1.807) is 7.11 Å². The molecule has 0 saturated heterocycles. The van der Waals surface area contributed by atoms with Crippen LogP contribution in [0.15, 0.2) is 36.9 Å². The quantitative estimate of drug-likeness (QED) is 0.741. The fraction of sp³-hybridized carbons (Fsp3) is 0.467. The van der Waals surface area contributed by atoms with E-state index >= 15 is 0 Å². The third kappa shape index (κ3) is 5.45. The molecule has 0 bridgehead atoms. The molecule has 18 heavy (non-hydrogen) atoms. The molecule has 100 valence electrons. The maximum absolute atomic E-state index is 10.1. The van der Waals surface area contributed by atoms with Crippen molar-refractivity contribution in [3.63, 3.8) is 0 Å². The van der Waals surface area contributed by atoms with Gasteiger partial charge in [-0.2, -0.15) is 0 Å². The lowest BCUT2D eigenvalue weighted by atomic mass is 10.0. The highest BCUT2D eigenvalue weighted by Crippen LogP contribution is 2.11. The zero-order valence-corrected chi connectivity index (χ0v) is 11.3. The Kier molecular flexibility index (Phi) is 6.05. The van der Waals surface area contributed by atoms with Crippen molar-refractivity contribution in [2.45, 2.75) is 18.9 Å². The number of hydrogen-bond donors (Lipinski definition) is 2. The molecule has 0 amide bonds. The molecular formula is C15H23NO2. The summed E-state index contributed by atoms with van der Waals surface area (Å²) in [5.74, 6) is 0. The van der Waals surface area contributed by atoms with Gasteiger partial charge in [-0.15, -0.1) is 0 Å². The molecule has 3 heteroatoms. The first kappa shape index (κ1) is 14.9. The summed E-state index contributed by atoms with van der Waals surface area (Å²) in [5, 5.41) is 13.3. The molecule has 0 fully saturated rings. The van der Waals surface area contributed by atoms with Crippen molar-refractivity contribution in [2.24, 2.45) is 0 Å². The molecule has 0 aromatic heterocycles. The Balaban J connectivity index is 2.31. The molecule has 0 aliphatic rings. The highest BCUT2D eigenvalue weighted by atomic mass is 16.5. The lowest BCUT2D eigenvalue weighted by Gasteiger charge is -2.23. The average molecular weight is 249 g/mol. The Morgan fingerprint density at radius 1 is 1.39 bits per heavy atom. The molecule has 0 radical (unpaired) electrons. The molecule has 0 heterocycles. The van der Waals surface area contributed by atoms with E-state index in [4.69, 9.17) is 4.74 Å². The maximum Gasteiger partial charge on any atom is 0.0765 e. The van der Waals surface area contributed by atoms with E-state index in [-0.39, 0.29) is 0 Å². The van der Waals surface area contributed by atoms with Crippen LogP contribution in [-0.2, 0) is 4.74 Å². The van der Waals surface area contributed by atoms with Gasteiger partial charge >= 0.3 is 0 Å². The lowest BCUT2D eigenvalue weighted by Crippen LogP contribution is -2.39. The van der Waals surface area contributed by atoms with Crippen molar-refractivity contribution < 1.29 is 9.84 Å². The summed E-state index contributed by atoms with van der Waals surface area (Å²) >= 11 is 0. The zero-order valence-electron chi connectivity index (χ0n) is 11.3. The van der Waals surface area contributed by atoms with Gasteiger partial charge in [0.2, 0.25) is 0 Å². The summed E-state index contributed by atoms with van der Waals surface area (Å²) in [6, 6.07) is 10.0. The molecule has 1 atom stereocenters. The summed E-state index contributed by atoms with van der Waals surface area (Å²) in [4.78, 5) is 0. The molecule has 1 unspecified atom stereocenters.